The maximum absolute atomic E-state index is 13.5. The zero-order chi connectivity index (χ0) is 21.7. The molecule has 1 aliphatic rings. The maximum atomic E-state index is 13.5. The van der Waals surface area contributed by atoms with Crippen molar-refractivity contribution in [3.63, 3.8) is 0 Å². The summed E-state index contributed by atoms with van der Waals surface area (Å²) >= 11 is 0. The van der Waals surface area contributed by atoms with Gasteiger partial charge in [-0.2, -0.15) is 0 Å². The van der Waals surface area contributed by atoms with Crippen molar-refractivity contribution in [1.82, 2.24) is 9.88 Å². The lowest BCUT2D eigenvalue weighted by atomic mass is 9.93. The van der Waals surface area contributed by atoms with Crippen LogP contribution in [0.25, 0.3) is 22.2 Å². The van der Waals surface area contributed by atoms with Gasteiger partial charge >= 0.3 is 0 Å². The van der Waals surface area contributed by atoms with Crippen molar-refractivity contribution in [3.8, 4) is 11.3 Å². The number of furan rings is 1. The normalized spacial score (nSPS) is 15.5. The molecule has 4 nitrogen and oxygen atoms in total. The molecular weight excluding hydrogens is 396 g/mol. The van der Waals surface area contributed by atoms with Crippen LogP contribution in [0.3, 0.4) is 0 Å². The van der Waals surface area contributed by atoms with Crippen molar-refractivity contribution in [2.24, 2.45) is 0 Å². The van der Waals surface area contributed by atoms with Crippen molar-refractivity contribution >= 4 is 16.8 Å². The van der Waals surface area contributed by atoms with Crippen LogP contribution in [0, 0.1) is 6.92 Å². The average Bonchev–Trinajstić information content (AvgIpc) is 3.53. The summed E-state index contributed by atoms with van der Waals surface area (Å²) in [4.78, 5) is 19.1. The fourth-order valence-corrected chi connectivity index (χ4v) is 4.81. The Morgan fingerprint density at radius 1 is 0.906 bits per heavy atom. The number of aromatic amines is 1. The highest BCUT2D eigenvalue weighted by atomic mass is 16.3. The van der Waals surface area contributed by atoms with Gasteiger partial charge in [-0.3, -0.25) is 4.79 Å². The number of amides is 1. The van der Waals surface area contributed by atoms with E-state index in [1.807, 2.05) is 41.3 Å². The smallest absolute Gasteiger partial charge is 0.255 e. The molecule has 0 saturated carbocycles. The summed E-state index contributed by atoms with van der Waals surface area (Å²) in [6, 6.07) is 28.4. The van der Waals surface area contributed by atoms with Crippen LogP contribution in [0.2, 0.25) is 0 Å². The molecule has 4 heteroatoms. The topological polar surface area (TPSA) is 49.2 Å². The summed E-state index contributed by atoms with van der Waals surface area (Å²) in [5, 5.41) is 1.13. The van der Waals surface area contributed by atoms with E-state index in [0.29, 0.717) is 6.54 Å². The Morgan fingerprint density at radius 2 is 1.69 bits per heavy atom. The van der Waals surface area contributed by atoms with Crippen LogP contribution >= 0.6 is 0 Å². The van der Waals surface area contributed by atoms with Gasteiger partial charge in [0.15, 0.2) is 0 Å². The van der Waals surface area contributed by atoms with E-state index in [9.17, 15) is 4.79 Å². The summed E-state index contributed by atoms with van der Waals surface area (Å²) < 4.78 is 5.62. The van der Waals surface area contributed by atoms with Gasteiger partial charge in [0, 0.05) is 22.0 Å². The molecule has 0 saturated heterocycles. The molecule has 0 fully saturated rings. The lowest BCUT2D eigenvalue weighted by molar-refractivity contribution is 0.0724. The number of fused-ring (bicyclic) bond motifs is 2. The molecule has 156 valence electrons. The number of rotatable bonds is 4. The molecule has 3 heterocycles. The van der Waals surface area contributed by atoms with E-state index in [0.717, 1.165) is 44.6 Å². The third kappa shape index (κ3) is 2.88. The van der Waals surface area contributed by atoms with Gasteiger partial charge in [-0.25, -0.2) is 0 Å². The van der Waals surface area contributed by atoms with E-state index < -0.39 is 0 Å². The molecule has 0 aliphatic carbocycles. The predicted octanol–water partition coefficient (Wildman–Crippen LogP) is 6.48. The van der Waals surface area contributed by atoms with Gasteiger partial charge < -0.3 is 14.3 Å². The minimum atomic E-state index is -0.212. The Balaban J connectivity index is 1.61. The second-order valence-electron chi connectivity index (χ2n) is 8.33. The number of nitrogens with one attached hydrogen (secondary N) is 1. The lowest BCUT2D eigenvalue weighted by Crippen LogP contribution is -2.28. The quantitative estimate of drug-likeness (QED) is 0.363. The standard InChI is InChI=1S/C28H22N2O2/c1-18-12-14-19(15-13-18)26-25(23-10-4-5-11-24(23)29-26)27-21-8-2-3-9-22(21)28(31)30(27)17-20-7-6-16-32-20/h2-16,27,29H,17H2,1H3/t27-/m0/s1. The summed E-state index contributed by atoms with van der Waals surface area (Å²) in [5.74, 6) is 0.801. The van der Waals surface area contributed by atoms with Crippen molar-refractivity contribution < 1.29 is 9.21 Å². The molecule has 0 unspecified atom stereocenters. The molecule has 0 bridgehead atoms. The SMILES string of the molecule is Cc1ccc(-c2[nH]c3ccccc3c2[C@@H]2c3ccccc3C(=O)N2Cc2ccco2)cc1. The first-order valence-corrected chi connectivity index (χ1v) is 10.8. The Hall–Kier alpha value is -4.05. The number of carbonyl (C=O) groups excluding carboxylic acids is 1. The van der Waals surface area contributed by atoms with Gasteiger partial charge in [0.25, 0.3) is 5.91 Å². The van der Waals surface area contributed by atoms with Crippen LogP contribution in [-0.2, 0) is 6.54 Å². The van der Waals surface area contributed by atoms with Crippen LogP contribution < -0.4 is 0 Å². The van der Waals surface area contributed by atoms with Gasteiger partial charge in [-0.05, 0) is 42.3 Å². The number of aromatic nitrogens is 1. The molecule has 1 amide bonds. The molecule has 1 aliphatic heterocycles. The van der Waals surface area contributed by atoms with Crippen LogP contribution in [0.15, 0.2) is 95.6 Å². The van der Waals surface area contributed by atoms with Gasteiger partial charge in [0.05, 0.1) is 24.5 Å². The van der Waals surface area contributed by atoms with E-state index in [4.69, 9.17) is 4.42 Å². The van der Waals surface area contributed by atoms with Gasteiger partial charge in [-0.15, -0.1) is 0 Å². The average molecular weight is 418 g/mol. The molecule has 0 radical (unpaired) electrons. The number of hydrogen-bond acceptors (Lipinski definition) is 2. The minimum Gasteiger partial charge on any atom is -0.467 e. The molecule has 32 heavy (non-hydrogen) atoms. The highest BCUT2D eigenvalue weighted by Crippen LogP contribution is 2.46. The van der Waals surface area contributed by atoms with E-state index in [-0.39, 0.29) is 11.9 Å². The van der Waals surface area contributed by atoms with Crippen LogP contribution in [0.5, 0.6) is 0 Å². The van der Waals surface area contributed by atoms with Gasteiger partial charge in [0.2, 0.25) is 0 Å². The number of hydrogen-bond donors (Lipinski definition) is 1. The molecule has 1 atom stereocenters. The Kier molecular flexibility index (Phi) is 4.25. The highest BCUT2D eigenvalue weighted by molar-refractivity contribution is 6.02. The minimum absolute atomic E-state index is 0.0298. The first kappa shape index (κ1) is 18.7. The molecule has 0 spiro atoms. The van der Waals surface area contributed by atoms with E-state index in [1.165, 1.54) is 5.56 Å². The fourth-order valence-electron chi connectivity index (χ4n) is 4.81. The van der Waals surface area contributed by atoms with Crippen molar-refractivity contribution in [2.45, 2.75) is 19.5 Å². The molecule has 2 aromatic heterocycles. The first-order chi connectivity index (χ1) is 15.7. The zero-order valence-corrected chi connectivity index (χ0v) is 17.7. The Bertz CT molecular complexity index is 1430. The number of H-pyrrole nitrogens is 1. The number of para-hydroxylation sites is 1. The van der Waals surface area contributed by atoms with Crippen LogP contribution in [0.1, 0.15) is 38.9 Å². The fraction of sp³-hybridized carbons (Fsp3) is 0.107. The second-order valence-corrected chi connectivity index (χ2v) is 8.33. The third-order valence-corrected chi connectivity index (χ3v) is 6.32. The number of nitrogens with zero attached hydrogens (tertiary/aromatic N) is 1. The van der Waals surface area contributed by atoms with Gasteiger partial charge in [-0.1, -0.05) is 66.2 Å². The van der Waals surface area contributed by atoms with Crippen molar-refractivity contribution in [3.05, 3.63) is 119 Å². The van der Waals surface area contributed by atoms with E-state index in [2.05, 4.69) is 60.4 Å². The third-order valence-electron chi connectivity index (χ3n) is 6.32. The summed E-state index contributed by atoms with van der Waals surface area (Å²) in [6.45, 7) is 2.50. The Labute approximate surface area is 186 Å². The lowest BCUT2D eigenvalue weighted by Gasteiger charge is -2.26. The van der Waals surface area contributed by atoms with Crippen molar-refractivity contribution in [1.29, 1.82) is 0 Å². The number of aryl methyl sites for hydroxylation is 1. The van der Waals surface area contributed by atoms with Crippen molar-refractivity contribution in [2.75, 3.05) is 0 Å². The van der Waals surface area contributed by atoms with E-state index in [1.54, 1.807) is 6.26 Å². The molecular formula is C28H22N2O2. The molecule has 3 aromatic carbocycles. The summed E-state index contributed by atoms with van der Waals surface area (Å²) in [7, 11) is 0. The molecule has 1 N–H and O–H groups in total. The number of benzene rings is 3. The highest BCUT2D eigenvalue weighted by Gasteiger charge is 2.40. The van der Waals surface area contributed by atoms with E-state index >= 15 is 0 Å². The number of carbonyl (C=O) groups is 1. The summed E-state index contributed by atoms with van der Waals surface area (Å²) in [6.07, 6.45) is 1.65. The molecule has 5 aromatic rings. The van der Waals surface area contributed by atoms with Crippen LogP contribution in [-0.4, -0.2) is 15.8 Å². The second kappa shape index (κ2) is 7.27. The van der Waals surface area contributed by atoms with Crippen LogP contribution in [0.4, 0.5) is 0 Å². The zero-order valence-electron chi connectivity index (χ0n) is 17.7. The summed E-state index contributed by atoms with van der Waals surface area (Å²) in [5.41, 5.74) is 7.34. The Morgan fingerprint density at radius 3 is 2.50 bits per heavy atom. The monoisotopic (exact) mass is 418 g/mol. The maximum Gasteiger partial charge on any atom is 0.255 e. The molecule has 6 rings (SSSR count). The first-order valence-electron chi connectivity index (χ1n) is 10.8. The van der Waals surface area contributed by atoms with Gasteiger partial charge in [0.1, 0.15) is 5.76 Å². The predicted molar refractivity (Wildman–Crippen MR) is 125 cm³/mol. The largest absolute Gasteiger partial charge is 0.467 e.